The van der Waals surface area contributed by atoms with E-state index < -0.39 is 0 Å². The van der Waals surface area contributed by atoms with Gasteiger partial charge in [0.05, 0.1) is 19.8 Å². The van der Waals surface area contributed by atoms with Gasteiger partial charge >= 0.3 is 5.97 Å². The lowest BCUT2D eigenvalue weighted by molar-refractivity contribution is 0.0600. The third-order valence-electron chi connectivity index (χ3n) is 2.22. The minimum absolute atomic E-state index is 0.361. The largest absolute Gasteiger partial charge is 0.496 e. The van der Waals surface area contributed by atoms with E-state index in [2.05, 4.69) is 4.74 Å². The molecular weight excluding hydrogens is 240 g/mol. The average Bonchev–Trinajstić information content (AvgIpc) is 2.38. The molecule has 0 heterocycles. The molecule has 0 aliphatic rings. The molecule has 0 spiro atoms. The molecule has 0 atom stereocenters. The van der Waals surface area contributed by atoms with Crippen LogP contribution in [0.3, 0.4) is 0 Å². The zero-order valence-electron chi connectivity index (χ0n) is 9.90. The Hall–Kier alpha value is -1.48. The zero-order chi connectivity index (χ0) is 12.7. The van der Waals surface area contributed by atoms with Crippen molar-refractivity contribution in [2.24, 2.45) is 0 Å². The predicted molar refractivity (Wildman–Crippen MR) is 68.7 cm³/mol. The summed E-state index contributed by atoms with van der Waals surface area (Å²) in [6, 6.07) is 5.14. The third kappa shape index (κ3) is 3.79. The van der Waals surface area contributed by atoms with Crippen molar-refractivity contribution in [3.8, 4) is 5.75 Å². The first-order valence-corrected chi connectivity index (χ1v) is 5.75. The van der Waals surface area contributed by atoms with E-state index in [0.29, 0.717) is 17.2 Å². The maximum atomic E-state index is 11.4. The van der Waals surface area contributed by atoms with Gasteiger partial charge in [-0.2, -0.15) is 0 Å². The molecule has 0 amide bonds. The summed E-state index contributed by atoms with van der Waals surface area (Å²) in [7, 11) is 2.95. The number of allylic oxidation sites excluding steroid dienone is 1. The molecule has 0 bridgehead atoms. The Kier molecular flexibility index (Phi) is 5.57. The minimum Gasteiger partial charge on any atom is -0.496 e. The maximum Gasteiger partial charge on any atom is 0.337 e. The normalized spacial score (nSPS) is 10.5. The second kappa shape index (κ2) is 6.97. The van der Waals surface area contributed by atoms with E-state index in [1.54, 1.807) is 25.3 Å². The molecule has 0 saturated carbocycles. The van der Waals surface area contributed by atoms with Crippen LogP contribution in [0.15, 0.2) is 24.3 Å². The number of ether oxygens (including phenoxy) is 2. The Labute approximate surface area is 106 Å². The molecule has 3 nitrogen and oxygen atoms in total. The highest BCUT2D eigenvalue weighted by Gasteiger charge is 2.08. The fourth-order valence-corrected chi connectivity index (χ4v) is 1.51. The minimum atomic E-state index is -0.361. The number of carbonyl (C=O) groups excluding carboxylic acids is 1. The van der Waals surface area contributed by atoms with Crippen LogP contribution in [-0.4, -0.2) is 26.1 Å². The Morgan fingerprint density at radius 1 is 1.41 bits per heavy atom. The highest BCUT2D eigenvalue weighted by molar-refractivity contribution is 6.17. The van der Waals surface area contributed by atoms with E-state index >= 15 is 0 Å². The summed E-state index contributed by atoms with van der Waals surface area (Å²) in [6.45, 7) is 0. The monoisotopic (exact) mass is 254 g/mol. The van der Waals surface area contributed by atoms with Crippen molar-refractivity contribution in [2.45, 2.75) is 6.42 Å². The van der Waals surface area contributed by atoms with Crippen LogP contribution in [0, 0.1) is 0 Å². The van der Waals surface area contributed by atoms with Gasteiger partial charge in [0.2, 0.25) is 0 Å². The molecule has 1 aromatic rings. The topological polar surface area (TPSA) is 35.5 Å². The molecule has 0 unspecified atom stereocenters. The van der Waals surface area contributed by atoms with Crippen molar-refractivity contribution in [1.82, 2.24) is 0 Å². The van der Waals surface area contributed by atoms with E-state index in [4.69, 9.17) is 16.3 Å². The number of esters is 1. The van der Waals surface area contributed by atoms with Gasteiger partial charge in [-0.05, 0) is 24.6 Å². The van der Waals surface area contributed by atoms with Crippen LogP contribution in [0.2, 0.25) is 0 Å². The van der Waals surface area contributed by atoms with Crippen molar-refractivity contribution >= 4 is 23.6 Å². The van der Waals surface area contributed by atoms with E-state index in [-0.39, 0.29) is 5.97 Å². The lowest BCUT2D eigenvalue weighted by Gasteiger charge is -2.06. The van der Waals surface area contributed by atoms with Gasteiger partial charge in [0.15, 0.2) is 0 Å². The maximum absolute atomic E-state index is 11.4. The summed E-state index contributed by atoms with van der Waals surface area (Å²) in [5.74, 6) is 0.915. The Balaban J connectivity index is 3.02. The standard InChI is InChI=1S/C13H15ClO3/c1-16-12-7-6-11(13(15)17-2)9-10(12)5-3-4-8-14/h3,5-7,9H,4,8H2,1-2H3. The summed E-state index contributed by atoms with van der Waals surface area (Å²) in [5, 5.41) is 0. The molecule has 1 aromatic carbocycles. The molecule has 0 radical (unpaired) electrons. The highest BCUT2D eigenvalue weighted by atomic mass is 35.5. The van der Waals surface area contributed by atoms with Crippen molar-refractivity contribution in [3.63, 3.8) is 0 Å². The summed E-state index contributed by atoms with van der Waals surface area (Å²) in [4.78, 5) is 11.4. The molecule has 0 aromatic heterocycles. The first kappa shape index (κ1) is 13.6. The van der Waals surface area contributed by atoms with Gasteiger partial charge < -0.3 is 9.47 Å². The van der Waals surface area contributed by atoms with Crippen LogP contribution < -0.4 is 4.74 Å². The fraction of sp³-hybridized carbons (Fsp3) is 0.308. The van der Waals surface area contributed by atoms with E-state index in [1.807, 2.05) is 12.2 Å². The summed E-state index contributed by atoms with van der Waals surface area (Å²) in [5.41, 5.74) is 1.33. The second-order valence-corrected chi connectivity index (χ2v) is 3.71. The molecule has 1 rings (SSSR count). The molecular formula is C13H15ClO3. The van der Waals surface area contributed by atoms with E-state index in [9.17, 15) is 4.79 Å². The van der Waals surface area contributed by atoms with E-state index in [0.717, 1.165) is 12.0 Å². The molecule has 17 heavy (non-hydrogen) atoms. The van der Waals surface area contributed by atoms with Crippen LogP contribution in [0.1, 0.15) is 22.3 Å². The number of carbonyl (C=O) groups is 1. The predicted octanol–water partition coefficient (Wildman–Crippen LogP) is 3.12. The average molecular weight is 255 g/mol. The number of halogens is 1. The number of hydrogen-bond donors (Lipinski definition) is 0. The van der Waals surface area contributed by atoms with Crippen molar-refractivity contribution in [3.05, 3.63) is 35.4 Å². The smallest absolute Gasteiger partial charge is 0.337 e. The van der Waals surface area contributed by atoms with Gasteiger partial charge in [-0.25, -0.2) is 4.79 Å². The van der Waals surface area contributed by atoms with Crippen LogP contribution in [0.25, 0.3) is 6.08 Å². The summed E-state index contributed by atoms with van der Waals surface area (Å²) >= 11 is 5.59. The number of hydrogen-bond acceptors (Lipinski definition) is 3. The van der Waals surface area contributed by atoms with Crippen LogP contribution in [0.4, 0.5) is 0 Å². The molecule has 0 aliphatic carbocycles. The van der Waals surface area contributed by atoms with Gasteiger partial charge in [-0.15, -0.1) is 11.6 Å². The first-order valence-electron chi connectivity index (χ1n) is 5.21. The zero-order valence-corrected chi connectivity index (χ0v) is 10.7. The Morgan fingerprint density at radius 2 is 2.18 bits per heavy atom. The molecule has 0 N–H and O–H groups in total. The molecule has 0 aliphatic heterocycles. The first-order chi connectivity index (χ1) is 8.22. The molecule has 92 valence electrons. The van der Waals surface area contributed by atoms with Crippen LogP contribution in [0.5, 0.6) is 5.75 Å². The van der Waals surface area contributed by atoms with Gasteiger partial charge in [-0.3, -0.25) is 0 Å². The third-order valence-corrected chi connectivity index (χ3v) is 2.44. The van der Waals surface area contributed by atoms with Gasteiger partial charge in [0, 0.05) is 11.4 Å². The Bertz CT molecular complexity index is 413. The number of benzene rings is 1. The number of rotatable bonds is 5. The summed E-state index contributed by atoms with van der Waals surface area (Å²) < 4.78 is 9.87. The highest BCUT2D eigenvalue weighted by Crippen LogP contribution is 2.22. The lowest BCUT2D eigenvalue weighted by atomic mass is 10.1. The van der Waals surface area contributed by atoms with Crippen LogP contribution >= 0.6 is 11.6 Å². The molecule has 0 fully saturated rings. The van der Waals surface area contributed by atoms with Crippen LogP contribution in [-0.2, 0) is 4.74 Å². The quantitative estimate of drug-likeness (QED) is 0.598. The summed E-state index contributed by atoms with van der Waals surface area (Å²) in [6.07, 6.45) is 4.59. The van der Waals surface area contributed by atoms with Crippen molar-refractivity contribution < 1.29 is 14.3 Å². The number of methoxy groups -OCH3 is 2. The molecule has 4 heteroatoms. The fourth-order valence-electron chi connectivity index (χ4n) is 1.38. The number of alkyl halides is 1. The van der Waals surface area contributed by atoms with E-state index in [1.165, 1.54) is 7.11 Å². The second-order valence-electron chi connectivity index (χ2n) is 3.33. The lowest BCUT2D eigenvalue weighted by Crippen LogP contribution is -2.01. The van der Waals surface area contributed by atoms with Crippen molar-refractivity contribution in [2.75, 3.05) is 20.1 Å². The van der Waals surface area contributed by atoms with Gasteiger partial charge in [0.1, 0.15) is 5.75 Å². The van der Waals surface area contributed by atoms with Gasteiger partial charge in [0.25, 0.3) is 0 Å². The van der Waals surface area contributed by atoms with Crippen molar-refractivity contribution in [1.29, 1.82) is 0 Å². The molecule has 0 saturated heterocycles. The van der Waals surface area contributed by atoms with Gasteiger partial charge in [-0.1, -0.05) is 12.2 Å². The Morgan fingerprint density at radius 3 is 2.76 bits per heavy atom. The SMILES string of the molecule is COC(=O)c1ccc(OC)c(C=CCCCl)c1.